The Morgan fingerprint density at radius 1 is 1.29 bits per heavy atom. The third-order valence-electron chi connectivity index (χ3n) is 3.59. The van der Waals surface area contributed by atoms with Crippen molar-refractivity contribution in [1.82, 2.24) is 15.5 Å². The molecule has 0 aliphatic rings. The van der Waals surface area contributed by atoms with Crippen LogP contribution in [0, 0.1) is 0 Å². The number of hydrogen-bond acceptors (Lipinski definition) is 4. The predicted octanol–water partition coefficient (Wildman–Crippen LogP) is 2.12. The molecular weight excluding hydrogens is 419 g/mol. The van der Waals surface area contributed by atoms with Crippen LogP contribution >= 0.6 is 24.0 Å². The standard InChI is InChI=1S/C17H30N4O2.HI/c1-13(12-22-5)20-17(18-2)19-11-16(21(3)4)14-8-7-9-15(10-14)23-6;/h7-10,13,16H,11-12H2,1-6H3,(H2,18,19,20);1H. The van der Waals surface area contributed by atoms with Crippen LogP contribution in [0.1, 0.15) is 18.5 Å². The Morgan fingerprint density at radius 3 is 2.54 bits per heavy atom. The average molecular weight is 450 g/mol. The van der Waals surface area contributed by atoms with Crippen molar-refractivity contribution in [1.29, 1.82) is 0 Å². The molecule has 2 atom stereocenters. The van der Waals surface area contributed by atoms with Crippen LogP contribution in [0.15, 0.2) is 29.3 Å². The van der Waals surface area contributed by atoms with E-state index in [9.17, 15) is 0 Å². The number of likely N-dealkylation sites (N-methyl/N-ethyl adjacent to an activating group) is 1. The molecule has 0 aromatic heterocycles. The number of hydrogen-bond donors (Lipinski definition) is 2. The van der Waals surface area contributed by atoms with E-state index in [1.54, 1.807) is 21.3 Å². The maximum Gasteiger partial charge on any atom is 0.191 e. The number of methoxy groups -OCH3 is 2. The molecule has 0 saturated carbocycles. The van der Waals surface area contributed by atoms with Gasteiger partial charge in [0, 0.05) is 26.7 Å². The Kier molecular flexibility index (Phi) is 11.8. The van der Waals surface area contributed by atoms with Crippen molar-refractivity contribution >= 4 is 29.9 Å². The van der Waals surface area contributed by atoms with Crippen molar-refractivity contribution in [3.63, 3.8) is 0 Å². The first-order chi connectivity index (χ1) is 11.0. The molecule has 0 fully saturated rings. The summed E-state index contributed by atoms with van der Waals surface area (Å²) in [6.07, 6.45) is 0. The topological polar surface area (TPSA) is 58.1 Å². The van der Waals surface area contributed by atoms with Crippen LogP contribution in [0.5, 0.6) is 5.75 Å². The highest BCUT2D eigenvalue weighted by Crippen LogP contribution is 2.21. The fourth-order valence-electron chi connectivity index (χ4n) is 2.36. The number of halogens is 1. The number of nitrogens with zero attached hydrogens (tertiary/aromatic N) is 2. The van der Waals surface area contributed by atoms with Gasteiger partial charge in [-0.3, -0.25) is 4.99 Å². The van der Waals surface area contributed by atoms with Gasteiger partial charge in [-0.1, -0.05) is 12.1 Å². The van der Waals surface area contributed by atoms with E-state index in [4.69, 9.17) is 9.47 Å². The van der Waals surface area contributed by atoms with Crippen LogP contribution in [0.2, 0.25) is 0 Å². The largest absolute Gasteiger partial charge is 0.497 e. The average Bonchev–Trinajstić information content (AvgIpc) is 2.54. The summed E-state index contributed by atoms with van der Waals surface area (Å²) >= 11 is 0. The molecule has 1 rings (SSSR count). The second-order valence-corrected chi connectivity index (χ2v) is 5.71. The quantitative estimate of drug-likeness (QED) is 0.361. The zero-order valence-corrected chi connectivity index (χ0v) is 17.8. The van der Waals surface area contributed by atoms with Gasteiger partial charge in [-0.15, -0.1) is 24.0 Å². The number of rotatable bonds is 8. The predicted molar refractivity (Wildman–Crippen MR) is 111 cm³/mol. The van der Waals surface area contributed by atoms with Gasteiger partial charge in [-0.05, 0) is 38.7 Å². The zero-order valence-electron chi connectivity index (χ0n) is 15.5. The van der Waals surface area contributed by atoms with Gasteiger partial charge in [-0.25, -0.2) is 0 Å². The maximum absolute atomic E-state index is 5.32. The molecule has 138 valence electrons. The number of aliphatic imine (C=N–C) groups is 1. The van der Waals surface area contributed by atoms with Crippen molar-refractivity contribution in [2.24, 2.45) is 4.99 Å². The van der Waals surface area contributed by atoms with E-state index in [-0.39, 0.29) is 36.1 Å². The van der Waals surface area contributed by atoms with Gasteiger partial charge >= 0.3 is 0 Å². The monoisotopic (exact) mass is 450 g/mol. The SMILES string of the molecule is CN=C(NCC(c1cccc(OC)c1)N(C)C)NC(C)COC.I. The Balaban J connectivity index is 0.00000529. The van der Waals surface area contributed by atoms with E-state index in [1.807, 2.05) is 12.1 Å². The summed E-state index contributed by atoms with van der Waals surface area (Å²) < 4.78 is 10.5. The molecule has 0 radical (unpaired) electrons. The van der Waals surface area contributed by atoms with E-state index in [0.717, 1.165) is 18.3 Å². The minimum absolute atomic E-state index is 0. The number of guanidine groups is 1. The second kappa shape index (κ2) is 12.3. The molecule has 0 saturated heterocycles. The highest BCUT2D eigenvalue weighted by Gasteiger charge is 2.16. The second-order valence-electron chi connectivity index (χ2n) is 5.71. The van der Waals surface area contributed by atoms with Gasteiger partial charge < -0.3 is 25.0 Å². The van der Waals surface area contributed by atoms with Gasteiger partial charge in [-0.2, -0.15) is 0 Å². The first-order valence-corrected chi connectivity index (χ1v) is 7.78. The summed E-state index contributed by atoms with van der Waals surface area (Å²) in [6, 6.07) is 8.55. The Morgan fingerprint density at radius 2 is 2.00 bits per heavy atom. The maximum atomic E-state index is 5.32. The lowest BCUT2D eigenvalue weighted by atomic mass is 10.1. The van der Waals surface area contributed by atoms with Crippen molar-refractivity contribution in [3.05, 3.63) is 29.8 Å². The van der Waals surface area contributed by atoms with E-state index < -0.39 is 0 Å². The first kappa shape index (κ1) is 22.9. The van der Waals surface area contributed by atoms with Crippen LogP contribution in [-0.2, 0) is 4.74 Å². The van der Waals surface area contributed by atoms with Gasteiger partial charge in [0.15, 0.2) is 5.96 Å². The fraction of sp³-hybridized carbons (Fsp3) is 0.588. The zero-order chi connectivity index (χ0) is 17.2. The van der Waals surface area contributed by atoms with Crippen LogP contribution in [-0.4, -0.2) is 65.4 Å². The highest BCUT2D eigenvalue weighted by atomic mass is 127. The molecule has 1 aromatic carbocycles. The minimum atomic E-state index is 0. The molecular formula is C17H31IN4O2. The molecule has 0 heterocycles. The van der Waals surface area contributed by atoms with E-state index in [2.05, 4.69) is 53.7 Å². The number of nitrogens with one attached hydrogen (secondary N) is 2. The summed E-state index contributed by atoms with van der Waals surface area (Å²) in [5.41, 5.74) is 1.20. The van der Waals surface area contributed by atoms with Crippen LogP contribution < -0.4 is 15.4 Å². The van der Waals surface area contributed by atoms with Crippen molar-refractivity contribution in [2.75, 3.05) is 48.5 Å². The first-order valence-electron chi connectivity index (χ1n) is 7.78. The summed E-state index contributed by atoms with van der Waals surface area (Å²) in [5, 5.41) is 6.68. The molecule has 0 spiro atoms. The van der Waals surface area contributed by atoms with E-state index >= 15 is 0 Å². The summed E-state index contributed by atoms with van der Waals surface area (Å²) in [4.78, 5) is 6.44. The van der Waals surface area contributed by atoms with Gasteiger partial charge in [0.05, 0.1) is 19.8 Å². The van der Waals surface area contributed by atoms with Crippen LogP contribution in [0.25, 0.3) is 0 Å². The summed E-state index contributed by atoms with van der Waals surface area (Å²) in [5.74, 6) is 1.63. The summed E-state index contributed by atoms with van der Waals surface area (Å²) in [6.45, 7) is 3.43. The van der Waals surface area contributed by atoms with Crippen molar-refractivity contribution in [3.8, 4) is 5.75 Å². The Bertz CT molecular complexity index is 497. The fourth-order valence-corrected chi connectivity index (χ4v) is 2.36. The molecule has 7 heteroatoms. The van der Waals surface area contributed by atoms with Crippen molar-refractivity contribution < 1.29 is 9.47 Å². The lowest BCUT2D eigenvalue weighted by Gasteiger charge is -2.27. The lowest BCUT2D eigenvalue weighted by Crippen LogP contribution is -2.46. The smallest absolute Gasteiger partial charge is 0.191 e. The highest BCUT2D eigenvalue weighted by molar-refractivity contribution is 14.0. The lowest BCUT2D eigenvalue weighted by molar-refractivity contribution is 0.179. The van der Waals surface area contributed by atoms with E-state index in [1.165, 1.54) is 5.56 Å². The molecule has 1 aromatic rings. The minimum Gasteiger partial charge on any atom is -0.497 e. The van der Waals surface area contributed by atoms with Gasteiger partial charge in [0.2, 0.25) is 0 Å². The molecule has 2 N–H and O–H groups in total. The molecule has 2 unspecified atom stereocenters. The third kappa shape index (κ3) is 7.67. The van der Waals surface area contributed by atoms with Crippen LogP contribution in [0.3, 0.4) is 0 Å². The van der Waals surface area contributed by atoms with Gasteiger partial charge in [0.1, 0.15) is 5.75 Å². The molecule has 0 aliphatic carbocycles. The van der Waals surface area contributed by atoms with E-state index in [0.29, 0.717) is 6.61 Å². The molecule has 6 nitrogen and oxygen atoms in total. The Hall–Kier alpha value is -1.06. The summed E-state index contributed by atoms with van der Waals surface area (Å²) in [7, 11) is 9.28. The normalized spacial score (nSPS) is 13.9. The number of ether oxygens (including phenoxy) is 2. The van der Waals surface area contributed by atoms with Crippen LogP contribution in [0.4, 0.5) is 0 Å². The van der Waals surface area contributed by atoms with Crippen molar-refractivity contribution in [2.45, 2.75) is 19.0 Å². The Labute approximate surface area is 163 Å². The number of benzene rings is 1. The molecule has 24 heavy (non-hydrogen) atoms. The third-order valence-corrected chi connectivity index (χ3v) is 3.59. The molecule has 0 amide bonds. The van der Waals surface area contributed by atoms with Gasteiger partial charge in [0.25, 0.3) is 0 Å². The molecule has 0 aliphatic heterocycles. The molecule has 0 bridgehead atoms.